The molecule has 0 bridgehead atoms. The number of hydrogen-bond donors (Lipinski definition) is 1. The lowest BCUT2D eigenvalue weighted by Crippen LogP contribution is -2.17. The number of aromatic nitrogens is 2. The van der Waals surface area contributed by atoms with Crippen LogP contribution in [0.2, 0.25) is 0 Å². The van der Waals surface area contributed by atoms with E-state index in [1.807, 2.05) is 0 Å². The van der Waals surface area contributed by atoms with Crippen LogP contribution in [0.3, 0.4) is 0 Å². The molecule has 3 aromatic rings. The van der Waals surface area contributed by atoms with Crippen molar-refractivity contribution in [3.8, 4) is 5.75 Å². The average molecular weight is 469 g/mol. The summed E-state index contributed by atoms with van der Waals surface area (Å²) >= 11 is 0. The van der Waals surface area contributed by atoms with Crippen LogP contribution in [0, 0.1) is 23.3 Å². The third-order valence-corrected chi connectivity index (χ3v) is 4.19. The van der Waals surface area contributed by atoms with E-state index in [2.05, 4.69) is 10.4 Å². The smallest absolute Gasteiger partial charge is 0.361 e. The molecule has 12 heteroatoms. The Bertz CT molecular complexity index is 1160. The van der Waals surface area contributed by atoms with Gasteiger partial charge < -0.3 is 19.2 Å². The number of furan rings is 1. The minimum absolute atomic E-state index is 0.0543. The first-order valence-corrected chi connectivity index (χ1v) is 9.75. The Labute approximate surface area is 185 Å². The van der Waals surface area contributed by atoms with Crippen LogP contribution < -0.4 is 10.1 Å². The molecular weight excluding hydrogens is 450 g/mol. The summed E-state index contributed by atoms with van der Waals surface area (Å²) in [5.74, 6) is -9.68. The Morgan fingerprint density at radius 2 is 1.82 bits per heavy atom. The molecule has 3 rings (SSSR count). The number of carbonyl (C=O) groups is 2. The topological polar surface area (TPSA) is 95.6 Å². The quantitative estimate of drug-likeness (QED) is 0.298. The molecular formula is C21H19F4N3O5. The lowest BCUT2D eigenvalue weighted by molar-refractivity contribution is 0.0371. The first-order valence-electron chi connectivity index (χ1n) is 9.75. The van der Waals surface area contributed by atoms with Gasteiger partial charge in [0.15, 0.2) is 28.8 Å². The van der Waals surface area contributed by atoms with Crippen molar-refractivity contribution in [2.75, 3.05) is 5.32 Å². The summed E-state index contributed by atoms with van der Waals surface area (Å²) in [5.41, 5.74) is -0.0193. The molecule has 176 valence electrons. The largest absolute Gasteiger partial charge is 0.479 e. The summed E-state index contributed by atoms with van der Waals surface area (Å²) < 4.78 is 70.5. The molecule has 1 aromatic carbocycles. The van der Waals surface area contributed by atoms with Crippen LogP contribution >= 0.6 is 0 Å². The summed E-state index contributed by atoms with van der Waals surface area (Å²) in [6.07, 6.45) is 1.04. The zero-order valence-corrected chi connectivity index (χ0v) is 17.7. The molecule has 1 amide bonds. The van der Waals surface area contributed by atoms with Crippen molar-refractivity contribution >= 4 is 17.6 Å². The van der Waals surface area contributed by atoms with Gasteiger partial charge in [-0.2, -0.15) is 13.9 Å². The van der Waals surface area contributed by atoms with Crippen molar-refractivity contribution in [1.29, 1.82) is 0 Å². The van der Waals surface area contributed by atoms with Gasteiger partial charge in [0.2, 0.25) is 11.6 Å². The van der Waals surface area contributed by atoms with Gasteiger partial charge in [0.05, 0.1) is 11.8 Å². The second kappa shape index (κ2) is 9.76. The lowest BCUT2D eigenvalue weighted by atomic mass is 10.3. The number of esters is 1. The van der Waals surface area contributed by atoms with Crippen LogP contribution in [-0.4, -0.2) is 27.8 Å². The number of nitrogens with one attached hydrogen (secondary N) is 1. The van der Waals surface area contributed by atoms with Gasteiger partial charge in [-0.15, -0.1) is 0 Å². The van der Waals surface area contributed by atoms with E-state index in [0.717, 1.165) is 0 Å². The van der Waals surface area contributed by atoms with E-state index in [9.17, 15) is 27.2 Å². The van der Waals surface area contributed by atoms with Crippen LogP contribution in [0.25, 0.3) is 0 Å². The van der Waals surface area contributed by atoms with E-state index < -0.39 is 53.6 Å². The molecule has 0 fully saturated rings. The molecule has 0 radical (unpaired) electrons. The number of rotatable bonds is 8. The number of ether oxygens (including phenoxy) is 2. The van der Waals surface area contributed by atoms with Gasteiger partial charge in [0.25, 0.3) is 5.91 Å². The molecule has 0 saturated heterocycles. The number of amides is 1. The number of benzene rings is 1. The van der Waals surface area contributed by atoms with E-state index in [4.69, 9.17) is 13.9 Å². The van der Waals surface area contributed by atoms with Crippen LogP contribution in [0.15, 0.2) is 28.8 Å². The Morgan fingerprint density at radius 3 is 2.42 bits per heavy atom. The molecule has 0 aliphatic carbocycles. The molecule has 33 heavy (non-hydrogen) atoms. The zero-order chi connectivity index (χ0) is 24.3. The maximum Gasteiger partial charge on any atom is 0.361 e. The molecule has 0 atom stereocenters. The van der Waals surface area contributed by atoms with Gasteiger partial charge in [-0.05, 0) is 32.9 Å². The third kappa shape index (κ3) is 5.33. The monoisotopic (exact) mass is 469 g/mol. The molecule has 0 spiro atoms. The minimum atomic E-state index is -1.70. The fourth-order valence-corrected chi connectivity index (χ4v) is 2.68. The van der Waals surface area contributed by atoms with Crippen LogP contribution in [0.5, 0.6) is 5.75 Å². The Kier molecular flexibility index (Phi) is 7.04. The number of nitrogens with zero attached hydrogens (tertiary/aromatic N) is 2. The fourth-order valence-electron chi connectivity index (χ4n) is 2.68. The van der Waals surface area contributed by atoms with Gasteiger partial charge in [0.1, 0.15) is 12.4 Å². The van der Waals surface area contributed by atoms with Crippen molar-refractivity contribution in [2.24, 2.45) is 0 Å². The number of carbonyl (C=O) groups excluding carboxylic acids is 2. The molecule has 0 aliphatic rings. The van der Waals surface area contributed by atoms with Crippen LogP contribution in [0.1, 0.15) is 47.6 Å². The number of anilines is 1. The predicted octanol–water partition coefficient (Wildman–Crippen LogP) is 4.45. The highest BCUT2D eigenvalue weighted by Crippen LogP contribution is 2.27. The number of hydrogen-bond acceptors (Lipinski definition) is 6. The maximum atomic E-state index is 13.7. The summed E-state index contributed by atoms with van der Waals surface area (Å²) in [6.45, 7) is 4.91. The predicted molar refractivity (Wildman–Crippen MR) is 106 cm³/mol. The molecule has 2 aromatic heterocycles. The Hall–Kier alpha value is -3.83. The standard InChI is InChI=1S/C21H19F4N3O5/c1-4-28-8-14(18(27-28)21(30)32-10(2)3)26-20(29)15-6-5-11(33-15)9-31-19-16(24)12(22)7-13(23)17(19)25/h5-8,10H,4,9H2,1-3H3,(H,26,29). The highest BCUT2D eigenvalue weighted by Gasteiger charge is 2.23. The van der Waals surface area contributed by atoms with Gasteiger partial charge in [-0.3, -0.25) is 9.48 Å². The lowest BCUT2D eigenvalue weighted by Gasteiger charge is -2.08. The third-order valence-electron chi connectivity index (χ3n) is 4.19. The van der Waals surface area contributed by atoms with E-state index in [-0.39, 0.29) is 29.0 Å². The van der Waals surface area contributed by atoms with Gasteiger partial charge in [-0.25, -0.2) is 13.6 Å². The first kappa shape index (κ1) is 23.8. The SMILES string of the molecule is CCn1cc(NC(=O)c2ccc(COc3c(F)c(F)cc(F)c3F)o2)c(C(=O)OC(C)C)n1. The molecule has 8 nitrogen and oxygen atoms in total. The molecule has 2 heterocycles. The van der Waals surface area contributed by atoms with Crippen molar-refractivity contribution in [1.82, 2.24) is 9.78 Å². The van der Waals surface area contributed by atoms with Crippen molar-refractivity contribution in [3.63, 3.8) is 0 Å². The fraction of sp³-hybridized carbons (Fsp3) is 0.286. The normalized spacial score (nSPS) is 11.0. The summed E-state index contributed by atoms with van der Waals surface area (Å²) in [7, 11) is 0. The molecule has 0 aliphatic heterocycles. The van der Waals surface area contributed by atoms with Crippen molar-refractivity contribution in [2.45, 2.75) is 40.0 Å². The van der Waals surface area contributed by atoms with Crippen LogP contribution in [-0.2, 0) is 17.9 Å². The van der Waals surface area contributed by atoms with E-state index in [1.54, 1.807) is 20.8 Å². The number of aryl methyl sites for hydroxylation is 1. The highest BCUT2D eigenvalue weighted by atomic mass is 19.2. The van der Waals surface area contributed by atoms with Gasteiger partial charge >= 0.3 is 5.97 Å². The number of halogens is 4. The second-order valence-corrected chi connectivity index (χ2v) is 7.01. The van der Waals surface area contributed by atoms with Crippen molar-refractivity contribution < 1.29 is 41.0 Å². The van der Waals surface area contributed by atoms with E-state index in [1.165, 1.54) is 23.0 Å². The Morgan fingerprint density at radius 1 is 1.15 bits per heavy atom. The average Bonchev–Trinajstić information content (AvgIpc) is 3.39. The Balaban J connectivity index is 1.73. The summed E-state index contributed by atoms with van der Waals surface area (Å²) in [5, 5.41) is 6.55. The first-order chi connectivity index (χ1) is 15.6. The second-order valence-electron chi connectivity index (χ2n) is 7.01. The van der Waals surface area contributed by atoms with E-state index >= 15 is 0 Å². The summed E-state index contributed by atoms with van der Waals surface area (Å²) in [4.78, 5) is 24.8. The van der Waals surface area contributed by atoms with Gasteiger partial charge in [-0.1, -0.05) is 0 Å². The summed E-state index contributed by atoms with van der Waals surface area (Å²) in [6, 6.07) is 2.56. The van der Waals surface area contributed by atoms with Crippen molar-refractivity contribution in [3.05, 3.63) is 64.9 Å². The zero-order valence-electron chi connectivity index (χ0n) is 17.7. The minimum Gasteiger partial charge on any atom is -0.479 e. The molecule has 1 N–H and O–H groups in total. The van der Waals surface area contributed by atoms with Gasteiger partial charge in [0, 0.05) is 18.8 Å². The maximum absolute atomic E-state index is 13.7. The van der Waals surface area contributed by atoms with Crippen LogP contribution in [0.4, 0.5) is 23.2 Å². The highest BCUT2D eigenvalue weighted by molar-refractivity contribution is 6.06. The molecule has 0 saturated carbocycles. The van der Waals surface area contributed by atoms with E-state index in [0.29, 0.717) is 6.54 Å². The molecule has 0 unspecified atom stereocenters.